The fraction of sp³-hybridized carbons (Fsp3) is 0.480. The molecule has 0 saturated carbocycles. The zero-order valence-corrected chi connectivity index (χ0v) is 21.5. The summed E-state index contributed by atoms with van der Waals surface area (Å²) in [5.74, 6) is -0.480. The number of aliphatic imine (C=N–C) groups is 2. The first-order valence-electron chi connectivity index (χ1n) is 11.4. The van der Waals surface area contributed by atoms with Gasteiger partial charge in [0.1, 0.15) is 12.0 Å². The van der Waals surface area contributed by atoms with E-state index in [-0.39, 0.29) is 18.7 Å². The van der Waals surface area contributed by atoms with Gasteiger partial charge in [0.05, 0.1) is 32.0 Å². The van der Waals surface area contributed by atoms with E-state index in [1.807, 2.05) is 18.7 Å². The van der Waals surface area contributed by atoms with Crippen molar-refractivity contribution in [1.29, 1.82) is 0 Å². The maximum absolute atomic E-state index is 13.1. The van der Waals surface area contributed by atoms with Gasteiger partial charge in [-0.15, -0.1) is 0 Å². The molecule has 0 aromatic rings. The molecular weight excluding hydrogens is 448 g/mol. The average molecular weight is 491 g/mol. The summed E-state index contributed by atoms with van der Waals surface area (Å²) in [4.78, 5) is 23.0. The third-order valence-corrected chi connectivity index (χ3v) is 4.95. The van der Waals surface area contributed by atoms with Crippen LogP contribution in [0.15, 0.2) is 70.2 Å². The SMILES string of the molecule is C=C(C=NC(O)C/C(C)=C/C=C/NC(=O)C(/C=C/C(C=NC)=CN)C(NC)N(CC)CCO)OC. The smallest absolute Gasteiger partial charge is 0.233 e. The minimum absolute atomic E-state index is 0.0278. The highest BCUT2D eigenvalue weighted by molar-refractivity contribution is 5.84. The van der Waals surface area contributed by atoms with E-state index in [4.69, 9.17) is 10.5 Å². The van der Waals surface area contributed by atoms with Crippen LogP contribution in [0.2, 0.25) is 0 Å². The lowest BCUT2D eigenvalue weighted by Crippen LogP contribution is -2.53. The van der Waals surface area contributed by atoms with Crippen molar-refractivity contribution in [1.82, 2.24) is 15.5 Å². The predicted octanol–water partition coefficient (Wildman–Crippen LogP) is 1.08. The number of aliphatic hydroxyl groups excluding tert-OH is 2. The zero-order valence-electron chi connectivity index (χ0n) is 21.5. The van der Waals surface area contributed by atoms with Crippen LogP contribution in [0.3, 0.4) is 0 Å². The number of rotatable bonds is 17. The number of carbonyl (C=O) groups excluding carboxylic acids is 1. The van der Waals surface area contributed by atoms with Crippen LogP contribution in [-0.2, 0) is 9.53 Å². The normalized spacial score (nSPS) is 16.0. The summed E-state index contributed by atoms with van der Waals surface area (Å²) in [6.07, 6.45) is 11.9. The zero-order chi connectivity index (χ0) is 26.6. The molecule has 0 aliphatic rings. The molecule has 0 heterocycles. The Hall–Kier alpha value is -3.05. The quantitative estimate of drug-likeness (QED) is 0.0888. The number of ether oxygens (including phenoxy) is 1. The molecule has 0 aliphatic heterocycles. The van der Waals surface area contributed by atoms with E-state index < -0.39 is 12.1 Å². The highest BCUT2D eigenvalue weighted by Crippen LogP contribution is 2.13. The van der Waals surface area contributed by atoms with Gasteiger partial charge < -0.3 is 31.3 Å². The average Bonchev–Trinajstić information content (AvgIpc) is 2.85. The molecule has 0 spiro atoms. The molecule has 0 saturated heterocycles. The molecule has 35 heavy (non-hydrogen) atoms. The van der Waals surface area contributed by atoms with Crippen molar-refractivity contribution in [3.05, 3.63) is 60.2 Å². The maximum atomic E-state index is 13.1. The van der Waals surface area contributed by atoms with Crippen LogP contribution in [0.5, 0.6) is 0 Å². The number of methoxy groups -OCH3 is 1. The van der Waals surface area contributed by atoms with Crippen molar-refractivity contribution in [2.45, 2.75) is 32.7 Å². The van der Waals surface area contributed by atoms with Gasteiger partial charge in [-0.25, -0.2) is 0 Å². The van der Waals surface area contributed by atoms with Crippen molar-refractivity contribution in [3.8, 4) is 0 Å². The minimum Gasteiger partial charge on any atom is -0.496 e. The van der Waals surface area contributed by atoms with Crippen molar-refractivity contribution < 1.29 is 19.7 Å². The lowest BCUT2D eigenvalue weighted by atomic mass is 10.0. The van der Waals surface area contributed by atoms with Gasteiger partial charge in [0.15, 0.2) is 0 Å². The van der Waals surface area contributed by atoms with Crippen LogP contribution in [0, 0.1) is 5.92 Å². The Bertz CT molecular complexity index is 817. The van der Waals surface area contributed by atoms with Crippen molar-refractivity contribution in [2.75, 3.05) is 40.9 Å². The Morgan fingerprint density at radius 1 is 1.34 bits per heavy atom. The molecule has 10 nitrogen and oxygen atoms in total. The molecule has 3 atom stereocenters. The third-order valence-electron chi connectivity index (χ3n) is 4.95. The molecule has 0 rings (SSSR count). The highest BCUT2D eigenvalue weighted by Gasteiger charge is 2.28. The fourth-order valence-corrected chi connectivity index (χ4v) is 3.12. The van der Waals surface area contributed by atoms with Gasteiger partial charge in [-0.3, -0.25) is 19.7 Å². The number of amides is 1. The van der Waals surface area contributed by atoms with Crippen LogP contribution in [-0.4, -0.2) is 86.7 Å². The number of likely N-dealkylation sites (N-methyl/N-ethyl adjacent to an activating group) is 1. The van der Waals surface area contributed by atoms with Gasteiger partial charge in [0, 0.05) is 44.2 Å². The van der Waals surface area contributed by atoms with E-state index in [1.54, 1.807) is 44.6 Å². The number of nitrogens with one attached hydrogen (secondary N) is 2. The second kappa shape index (κ2) is 19.3. The Balaban J connectivity index is 5.48. The van der Waals surface area contributed by atoms with Crippen LogP contribution in [0.1, 0.15) is 20.3 Å². The van der Waals surface area contributed by atoms with E-state index >= 15 is 0 Å². The number of aliphatic hydroxyl groups is 2. The van der Waals surface area contributed by atoms with Crippen LogP contribution >= 0.6 is 0 Å². The molecule has 196 valence electrons. The summed E-state index contributed by atoms with van der Waals surface area (Å²) in [5.41, 5.74) is 7.17. The molecule has 0 aromatic heterocycles. The van der Waals surface area contributed by atoms with E-state index in [1.165, 1.54) is 25.7 Å². The summed E-state index contributed by atoms with van der Waals surface area (Å²) in [5, 5.41) is 25.4. The first kappa shape index (κ1) is 31.9. The molecule has 3 unspecified atom stereocenters. The number of nitrogens with zero attached hydrogens (tertiary/aromatic N) is 3. The minimum atomic E-state index is -0.921. The van der Waals surface area contributed by atoms with E-state index in [0.29, 0.717) is 30.8 Å². The summed E-state index contributed by atoms with van der Waals surface area (Å²) in [6.45, 7) is 8.44. The summed E-state index contributed by atoms with van der Waals surface area (Å²) in [7, 11) is 4.88. The second-order valence-corrected chi connectivity index (χ2v) is 7.54. The van der Waals surface area contributed by atoms with E-state index in [2.05, 4.69) is 27.2 Å². The maximum Gasteiger partial charge on any atom is 0.233 e. The van der Waals surface area contributed by atoms with E-state index in [0.717, 1.165) is 5.57 Å². The topological polar surface area (TPSA) is 145 Å². The van der Waals surface area contributed by atoms with Crippen molar-refractivity contribution >= 4 is 18.3 Å². The molecule has 0 aromatic carbocycles. The summed E-state index contributed by atoms with van der Waals surface area (Å²) >= 11 is 0. The predicted molar refractivity (Wildman–Crippen MR) is 143 cm³/mol. The molecule has 0 fully saturated rings. The lowest BCUT2D eigenvalue weighted by molar-refractivity contribution is -0.125. The van der Waals surface area contributed by atoms with Crippen LogP contribution in [0.4, 0.5) is 0 Å². The van der Waals surface area contributed by atoms with Gasteiger partial charge in [0.25, 0.3) is 0 Å². The van der Waals surface area contributed by atoms with Crippen molar-refractivity contribution in [2.24, 2.45) is 21.6 Å². The summed E-state index contributed by atoms with van der Waals surface area (Å²) < 4.78 is 4.87. The van der Waals surface area contributed by atoms with Gasteiger partial charge >= 0.3 is 0 Å². The number of hydrogen-bond donors (Lipinski definition) is 5. The fourth-order valence-electron chi connectivity index (χ4n) is 3.12. The molecular formula is C25H42N6O4. The Kier molecular flexibility index (Phi) is 17.6. The molecule has 0 radical (unpaired) electrons. The second-order valence-electron chi connectivity index (χ2n) is 7.54. The Morgan fingerprint density at radius 2 is 2.06 bits per heavy atom. The molecule has 6 N–H and O–H groups in total. The standard InChI is InChI=1S/C25H42N6O4/c1-7-31(13-14-32)24(28-5)22(11-10-21(16-26)18-27-4)25(34)29-12-8-9-19(2)15-23(33)30-17-20(3)35-6/h8-12,16-18,22-24,28,32-33H,3,7,13-15,26H2,1-2,4-6H3,(H,29,34)/b11-10+,12-8+,19-9+,21-16?,27-18?,30-17?. The Morgan fingerprint density at radius 3 is 2.60 bits per heavy atom. The lowest BCUT2D eigenvalue weighted by Gasteiger charge is -2.33. The molecule has 0 aliphatic carbocycles. The molecule has 0 bridgehead atoms. The number of carbonyl (C=O) groups is 1. The summed E-state index contributed by atoms with van der Waals surface area (Å²) in [6, 6.07) is 0. The first-order chi connectivity index (χ1) is 16.8. The van der Waals surface area contributed by atoms with Gasteiger partial charge in [0.2, 0.25) is 5.91 Å². The van der Waals surface area contributed by atoms with Gasteiger partial charge in [-0.1, -0.05) is 37.3 Å². The van der Waals surface area contributed by atoms with Crippen LogP contribution < -0.4 is 16.4 Å². The highest BCUT2D eigenvalue weighted by atomic mass is 16.5. The first-order valence-corrected chi connectivity index (χ1v) is 11.4. The largest absolute Gasteiger partial charge is 0.496 e. The third kappa shape index (κ3) is 13.4. The van der Waals surface area contributed by atoms with Crippen molar-refractivity contribution in [3.63, 3.8) is 0 Å². The van der Waals surface area contributed by atoms with E-state index in [9.17, 15) is 15.0 Å². The number of allylic oxidation sites excluding steroid dienone is 5. The monoisotopic (exact) mass is 490 g/mol. The van der Waals surface area contributed by atoms with Crippen LogP contribution in [0.25, 0.3) is 0 Å². The van der Waals surface area contributed by atoms with Gasteiger partial charge in [-0.05, 0) is 26.6 Å². The number of nitrogens with two attached hydrogens (primary N) is 1. The Labute approximate surface area is 209 Å². The number of hydrogen-bond acceptors (Lipinski definition) is 9. The molecule has 10 heteroatoms. The van der Waals surface area contributed by atoms with Gasteiger partial charge in [-0.2, -0.15) is 0 Å². The molecule has 1 amide bonds.